The molecule has 0 bridgehead atoms. The average molecular weight is 450 g/mol. The molecular formula is C25H47N5O2. The molecule has 1 aliphatic carbocycles. The molecule has 2 N–H and O–H groups in total. The monoisotopic (exact) mass is 449 g/mol. The van der Waals surface area contributed by atoms with Crippen molar-refractivity contribution >= 4 is 6.29 Å². The van der Waals surface area contributed by atoms with Crippen LogP contribution in [0.1, 0.15) is 69.5 Å². The summed E-state index contributed by atoms with van der Waals surface area (Å²) in [6.45, 7) is 10.0. The molecule has 0 aromatic carbocycles. The normalized spacial score (nSPS) is 20.4. The van der Waals surface area contributed by atoms with Crippen LogP contribution in [-0.4, -0.2) is 86.3 Å². The van der Waals surface area contributed by atoms with Crippen LogP contribution in [0, 0.1) is 11.8 Å². The van der Waals surface area contributed by atoms with Gasteiger partial charge in [-0.1, -0.05) is 13.8 Å². The average Bonchev–Trinajstić information content (AvgIpc) is 3.24. The van der Waals surface area contributed by atoms with Crippen LogP contribution in [0.3, 0.4) is 0 Å². The Kier molecular flexibility index (Phi) is 12.5. The number of hydrogen-bond acceptors (Lipinski definition) is 6. The van der Waals surface area contributed by atoms with Gasteiger partial charge in [-0.25, -0.2) is 0 Å². The highest BCUT2D eigenvalue weighted by molar-refractivity contribution is 5.53. The molecule has 7 heteroatoms. The number of aldehydes is 1. The molecule has 1 atom stereocenters. The van der Waals surface area contributed by atoms with Crippen molar-refractivity contribution in [1.29, 1.82) is 0 Å². The molecule has 0 amide bonds. The largest absolute Gasteiger partial charge is 0.385 e. The Hall–Kier alpha value is -1.28. The van der Waals surface area contributed by atoms with Crippen LogP contribution in [0.4, 0.5) is 0 Å². The first kappa shape index (κ1) is 27.0. The maximum absolute atomic E-state index is 11.7. The lowest BCUT2D eigenvalue weighted by molar-refractivity contribution is -0.112. The van der Waals surface area contributed by atoms with Crippen LogP contribution in [-0.2, 0) is 16.1 Å². The fourth-order valence-corrected chi connectivity index (χ4v) is 5.12. The van der Waals surface area contributed by atoms with Crippen LogP contribution in [0.15, 0.2) is 6.20 Å². The van der Waals surface area contributed by atoms with Gasteiger partial charge in [0, 0.05) is 75.6 Å². The van der Waals surface area contributed by atoms with Gasteiger partial charge in [0.2, 0.25) is 0 Å². The van der Waals surface area contributed by atoms with Crippen molar-refractivity contribution < 1.29 is 9.53 Å². The quantitative estimate of drug-likeness (QED) is 0.298. The van der Waals surface area contributed by atoms with E-state index in [1.165, 1.54) is 43.2 Å². The first-order chi connectivity index (χ1) is 15.5. The van der Waals surface area contributed by atoms with Crippen LogP contribution < -0.4 is 5.32 Å². The van der Waals surface area contributed by atoms with E-state index in [4.69, 9.17) is 4.74 Å². The molecule has 1 saturated carbocycles. The van der Waals surface area contributed by atoms with E-state index in [-0.39, 0.29) is 5.92 Å². The van der Waals surface area contributed by atoms with Gasteiger partial charge in [0.15, 0.2) is 0 Å². The summed E-state index contributed by atoms with van der Waals surface area (Å²) in [5, 5.41) is 10.9. The number of aromatic amines is 1. The number of aromatic nitrogens is 2. The van der Waals surface area contributed by atoms with Gasteiger partial charge in [-0.3, -0.25) is 10.00 Å². The van der Waals surface area contributed by atoms with E-state index in [9.17, 15) is 4.79 Å². The summed E-state index contributed by atoms with van der Waals surface area (Å²) >= 11 is 0. The van der Waals surface area contributed by atoms with E-state index >= 15 is 0 Å². The van der Waals surface area contributed by atoms with Gasteiger partial charge in [0.1, 0.15) is 6.29 Å². The number of methoxy groups -OCH3 is 1. The van der Waals surface area contributed by atoms with Gasteiger partial charge in [-0.15, -0.1) is 0 Å². The van der Waals surface area contributed by atoms with Crippen molar-refractivity contribution in [1.82, 2.24) is 25.3 Å². The van der Waals surface area contributed by atoms with E-state index in [2.05, 4.69) is 46.2 Å². The zero-order valence-corrected chi connectivity index (χ0v) is 21.1. The lowest BCUT2D eigenvalue weighted by Gasteiger charge is -2.38. The summed E-state index contributed by atoms with van der Waals surface area (Å²) in [6.07, 6.45) is 9.89. The number of nitrogens with one attached hydrogen (secondary N) is 2. The van der Waals surface area contributed by atoms with Crippen LogP contribution in [0.25, 0.3) is 0 Å². The summed E-state index contributed by atoms with van der Waals surface area (Å²) in [4.78, 5) is 16.6. The fraction of sp³-hybridized carbons (Fsp3) is 0.840. The first-order valence-electron chi connectivity index (χ1n) is 12.5. The van der Waals surface area contributed by atoms with Crippen molar-refractivity contribution in [2.24, 2.45) is 11.8 Å². The van der Waals surface area contributed by atoms with Crippen molar-refractivity contribution in [2.45, 2.75) is 70.9 Å². The number of likely N-dealkylation sites (N-methyl/N-ethyl adjacent to an activating group) is 2. The minimum absolute atomic E-state index is 0.127. The van der Waals surface area contributed by atoms with Crippen LogP contribution >= 0.6 is 0 Å². The fourth-order valence-electron chi connectivity index (χ4n) is 5.12. The van der Waals surface area contributed by atoms with Crippen molar-refractivity contribution in [3.05, 3.63) is 17.5 Å². The molecule has 1 aliphatic rings. The predicted molar refractivity (Wildman–Crippen MR) is 131 cm³/mol. The minimum atomic E-state index is 0.127. The Morgan fingerprint density at radius 2 is 2.03 bits per heavy atom. The Morgan fingerprint density at radius 1 is 1.28 bits per heavy atom. The Bertz CT molecular complexity index is 628. The van der Waals surface area contributed by atoms with Gasteiger partial charge in [-0.2, -0.15) is 5.10 Å². The number of ether oxygens (including phenoxy) is 1. The summed E-state index contributed by atoms with van der Waals surface area (Å²) in [7, 11) is 5.93. The van der Waals surface area contributed by atoms with Gasteiger partial charge in [0.25, 0.3) is 0 Å². The van der Waals surface area contributed by atoms with Gasteiger partial charge < -0.3 is 19.7 Å². The predicted octanol–water partition coefficient (Wildman–Crippen LogP) is 3.29. The zero-order chi connectivity index (χ0) is 23.3. The highest BCUT2D eigenvalue weighted by Crippen LogP contribution is 2.36. The van der Waals surface area contributed by atoms with E-state index in [0.717, 1.165) is 52.2 Å². The van der Waals surface area contributed by atoms with E-state index < -0.39 is 0 Å². The third-order valence-electron chi connectivity index (χ3n) is 6.79. The lowest BCUT2D eigenvalue weighted by atomic mass is 9.82. The number of hydrogen-bond donors (Lipinski definition) is 2. The molecule has 2 rings (SSSR count). The van der Waals surface area contributed by atoms with E-state index in [1.807, 2.05) is 13.2 Å². The molecule has 0 spiro atoms. The maximum atomic E-state index is 11.7. The van der Waals surface area contributed by atoms with Crippen LogP contribution in [0.2, 0.25) is 0 Å². The van der Waals surface area contributed by atoms with Gasteiger partial charge >= 0.3 is 0 Å². The standard InChI is InChI=1S/C25H47N5O2/c1-20(2)15-21(19-31)17-30(12-6-14-32-5)24-9-7-22(8-10-24)25-23(16-27-28-25)18-29(4)13-11-26-3/h16,19-22,24,26H,6-15,17-18H2,1-5H3,(H,27,28). The summed E-state index contributed by atoms with van der Waals surface area (Å²) in [6, 6.07) is 0.558. The molecule has 32 heavy (non-hydrogen) atoms. The Labute approximate surface area is 195 Å². The molecule has 1 unspecified atom stereocenters. The molecule has 1 aromatic heterocycles. The lowest BCUT2D eigenvalue weighted by Crippen LogP contribution is -2.42. The smallest absolute Gasteiger partial charge is 0.124 e. The second-order valence-corrected chi connectivity index (χ2v) is 10.0. The number of rotatable bonds is 16. The van der Waals surface area contributed by atoms with Gasteiger partial charge in [0.05, 0.1) is 6.20 Å². The third kappa shape index (κ3) is 8.93. The zero-order valence-electron chi connectivity index (χ0n) is 21.1. The van der Waals surface area contributed by atoms with E-state index in [0.29, 0.717) is 17.9 Å². The van der Waals surface area contributed by atoms with Gasteiger partial charge in [-0.05, 0) is 58.5 Å². The Morgan fingerprint density at radius 3 is 2.66 bits per heavy atom. The summed E-state index contributed by atoms with van der Waals surface area (Å²) < 4.78 is 5.30. The van der Waals surface area contributed by atoms with Crippen molar-refractivity contribution in [3.63, 3.8) is 0 Å². The topological polar surface area (TPSA) is 73.5 Å². The molecular weight excluding hydrogens is 402 g/mol. The maximum Gasteiger partial charge on any atom is 0.124 e. The van der Waals surface area contributed by atoms with Crippen molar-refractivity contribution in [2.75, 3.05) is 54.0 Å². The first-order valence-corrected chi connectivity index (χ1v) is 12.5. The number of carbonyl (C=O) groups excluding carboxylic acids is 1. The molecule has 1 aromatic rings. The number of H-pyrrole nitrogens is 1. The highest BCUT2D eigenvalue weighted by Gasteiger charge is 2.30. The third-order valence-corrected chi connectivity index (χ3v) is 6.79. The SMILES string of the molecule is CNCCN(C)Cc1cn[nH]c1C1CCC(N(CCCOC)CC(C=O)CC(C)C)CC1. The molecule has 1 fully saturated rings. The number of carbonyl (C=O) groups is 1. The van der Waals surface area contributed by atoms with E-state index in [1.54, 1.807) is 7.11 Å². The molecule has 7 nitrogen and oxygen atoms in total. The summed E-state index contributed by atoms with van der Waals surface area (Å²) in [5.41, 5.74) is 2.67. The summed E-state index contributed by atoms with van der Waals surface area (Å²) in [5.74, 6) is 1.23. The minimum Gasteiger partial charge on any atom is -0.385 e. The van der Waals surface area contributed by atoms with Crippen molar-refractivity contribution in [3.8, 4) is 0 Å². The molecule has 1 heterocycles. The molecule has 184 valence electrons. The molecule has 0 radical (unpaired) electrons. The second-order valence-electron chi connectivity index (χ2n) is 10.0. The molecule has 0 saturated heterocycles. The second kappa shape index (κ2) is 14.8. The number of nitrogens with zero attached hydrogens (tertiary/aromatic N) is 3. The molecule has 0 aliphatic heterocycles. The van der Waals surface area contributed by atoms with Crippen LogP contribution in [0.5, 0.6) is 0 Å². The highest BCUT2D eigenvalue weighted by atomic mass is 16.5. The Balaban J connectivity index is 1.95.